The summed E-state index contributed by atoms with van der Waals surface area (Å²) < 4.78 is 8.76. The van der Waals surface area contributed by atoms with Crippen LogP contribution < -0.4 is 0 Å². The predicted octanol–water partition coefficient (Wildman–Crippen LogP) is 14.9. The van der Waals surface area contributed by atoms with Crippen molar-refractivity contribution in [1.29, 1.82) is 0 Å². The number of rotatable bonds is 7. The van der Waals surface area contributed by atoms with Crippen LogP contribution in [0.25, 0.3) is 117 Å². The van der Waals surface area contributed by atoms with Crippen LogP contribution in [-0.2, 0) is 0 Å². The fraction of sp³-hybridized carbons (Fsp3) is 0. The number of furan rings is 1. The van der Waals surface area contributed by atoms with Crippen molar-refractivity contribution in [1.82, 2.24) is 19.5 Å². The van der Waals surface area contributed by atoms with Crippen LogP contribution in [0.1, 0.15) is 0 Å². The lowest BCUT2D eigenvalue weighted by molar-refractivity contribution is 0.669. The van der Waals surface area contributed by atoms with E-state index in [0.29, 0.717) is 17.5 Å². The molecule has 5 nitrogen and oxygen atoms in total. The van der Waals surface area contributed by atoms with Gasteiger partial charge < -0.3 is 8.98 Å². The molecule has 0 aliphatic heterocycles. The Morgan fingerprint density at radius 3 is 1.35 bits per heavy atom. The number of hydrogen-bond acceptors (Lipinski definition) is 4. The molecule has 0 unspecified atom stereocenters. The maximum absolute atomic E-state index is 6.38. The first-order valence-electron chi connectivity index (χ1n) is 20.8. The van der Waals surface area contributed by atoms with Gasteiger partial charge in [0.1, 0.15) is 11.2 Å². The van der Waals surface area contributed by atoms with Crippen molar-refractivity contribution in [3.63, 3.8) is 0 Å². The highest BCUT2D eigenvalue weighted by Gasteiger charge is 2.20. The highest BCUT2D eigenvalue weighted by molar-refractivity contribution is 6.10. The SMILES string of the molecule is c1ccc(-c2cc(-c3ccccc3)cc(-c3nc(-c4ccc(-c5ccccc5)c(-n5c6ccccc6c6ccccc65)c4)nc(-c4ccc5c(c4)oc4ccccc45)n3)c2)cc1. The van der Waals surface area contributed by atoms with E-state index in [1.807, 2.05) is 30.3 Å². The van der Waals surface area contributed by atoms with Crippen molar-refractivity contribution in [2.75, 3.05) is 0 Å². The van der Waals surface area contributed by atoms with E-state index >= 15 is 0 Å². The van der Waals surface area contributed by atoms with E-state index < -0.39 is 0 Å². The van der Waals surface area contributed by atoms with Gasteiger partial charge in [0.2, 0.25) is 0 Å². The third kappa shape index (κ3) is 6.14. The molecule has 12 rings (SSSR count). The molecular weight excluding hydrogens is 757 g/mol. The Hall–Kier alpha value is -8.41. The van der Waals surface area contributed by atoms with Gasteiger partial charge in [-0.15, -0.1) is 0 Å². The molecule has 9 aromatic carbocycles. The van der Waals surface area contributed by atoms with Crippen LogP contribution in [0, 0.1) is 0 Å². The van der Waals surface area contributed by atoms with E-state index in [9.17, 15) is 0 Å². The van der Waals surface area contributed by atoms with Gasteiger partial charge in [0.15, 0.2) is 17.5 Å². The molecule has 0 atom stereocenters. The normalized spacial score (nSPS) is 11.5. The summed E-state index contributed by atoms with van der Waals surface area (Å²) >= 11 is 0. The average molecular weight is 793 g/mol. The molecule has 290 valence electrons. The van der Waals surface area contributed by atoms with Crippen LogP contribution in [0.4, 0.5) is 0 Å². The average Bonchev–Trinajstić information content (AvgIpc) is 3.90. The van der Waals surface area contributed by atoms with Gasteiger partial charge in [-0.2, -0.15) is 0 Å². The molecule has 0 N–H and O–H groups in total. The molecular formula is C57H36N4O. The quantitative estimate of drug-likeness (QED) is 0.161. The van der Waals surface area contributed by atoms with Gasteiger partial charge in [-0.25, -0.2) is 15.0 Å². The highest BCUT2D eigenvalue weighted by atomic mass is 16.3. The second-order valence-electron chi connectivity index (χ2n) is 15.6. The smallest absolute Gasteiger partial charge is 0.164 e. The van der Waals surface area contributed by atoms with Crippen LogP contribution in [-0.4, -0.2) is 19.5 Å². The van der Waals surface area contributed by atoms with Crippen molar-refractivity contribution >= 4 is 43.7 Å². The molecule has 3 aromatic heterocycles. The van der Waals surface area contributed by atoms with E-state index in [2.05, 4.69) is 193 Å². The minimum atomic E-state index is 0.560. The van der Waals surface area contributed by atoms with Crippen molar-refractivity contribution in [2.24, 2.45) is 0 Å². The summed E-state index contributed by atoms with van der Waals surface area (Å²) in [6.45, 7) is 0. The number of nitrogens with zero attached hydrogens (tertiary/aromatic N) is 4. The lowest BCUT2D eigenvalue weighted by Gasteiger charge is -2.16. The maximum Gasteiger partial charge on any atom is 0.164 e. The summed E-state index contributed by atoms with van der Waals surface area (Å²) in [5.41, 5.74) is 14.1. The molecule has 0 saturated heterocycles. The summed E-state index contributed by atoms with van der Waals surface area (Å²) in [6, 6.07) is 76.4. The zero-order valence-corrected chi connectivity index (χ0v) is 33.5. The Morgan fingerprint density at radius 2 is 0.742 bits per heavy atom. The van der Waals surface area contributed by atoms with Crippen LogP contribution in [0.3, 0.4) is 0 Å². The van der Waals surface area contributed by atoms with E-state index in [1.54, 1.807) is 0 Å². The summed E-state index contributed by atoms with van der Waals surface area (Å²) in [5, 5.41) is 4.53. The second kappa shape index (κ2) is 14.7. The lowest BCUT2D eigenvalue weighted by Crippen LogP contribution is -2.02. The van der Waals surface area contributed by atoms with Crippen LogP contribution >= 0.6 is 0 Å². The third-order valence-electron chi connectivity index (χ3n) is 11.8. The van der Waals surface area contributed by atoms with Gasteiger partial charge in [-0.3, -0.25) is 0 Å². The molecule has 0 amide bonds. The summed E-state index contributed by atoms with van der Waals surface area (Å²) in [6.07, 6.45) is 0. The Balaban J connectivity index is 1.12. The zero-order chi connectivity index (χ0) is 41.0. The number of hydrogen-bond donors (Lipinski definition) is 0. The number of para-hydroxylation sites is 3. The molecule has 0 saturated carbocycles. The van der Waals surface area contributed by atoms with Gasteiger partial charge >= 0.3 is 0 Å². The first-order valence-corrected chi connectivity index (χ1v) is 20.8. The van der Waals surface area contributed by atoms with Crippen LogP contribution in [0.2, 0.25) is 0 Å². The van der Waals surface area contributed by atoms with Gasteiger partial charge in [-0.05, 0) is 82.4 Å². The maximum atomic E-state index is 6.38. The van der Waals surface area contributed by atoms with Crippen molar-refractivity contribution in [2.45, 2.75) is 0 Å². The Labute approximate surface area is 357 Å². The fourth-order valence-electron chi connectivity index (χ4n) is 8.88. The minimum Gasteiger partial charge on any atom is -0.456 e. The van der Waals surface area contributed by atoms with Crippen LogP contribution in [0.15, 0.2) is 223 Å². The molecule has 0 fully saturated rings. The molecule has 3 heterocycles. The topological polar surface area (TPSA) is 56.7 Å². The van der Waals surface area contributed by atoms with E-state index in [4.69, 9.17) is 19.4 Å². The molecule has 0 aliphatic rings. The third-order valence-corrected chi connectivity index (χ3v) is 11.8. The molecule has 12 aromatic rings. The van der Waals surface area contributed by atoms with Gasteiger partial charge in [0.05, 0.1) is 16.7 Å². The predicted molar refractivity (Wildman–Crippen MR) is 254 cm³/mol. The number of fused-ring (bicyclic) bond motifs is 6. The van der Waals surface area contributed by atoms with E-state index in [1.165, 1.54) is 10.8 Å². The van der Waals surface area contributed by atoms with Crippen molar-refractivity contribution in [3.05, 3.63) is 218 Å². The first-order chi connectivity index (χ1) is 30.7. The molecule has 0 spiro atoms. The minimum absolute atomic E-state index is 0.560. The first kappa shape index (κ1) is 35.5. The molecule has 5 heteroatoms. The monoisotopic (exact) mass is 792 g/mol. The second-order valence-corrected chi connectivity index (χ2v) is 15.6. The van der Waals surface area contributed by atoms with Crippen molar-refractivity contribution in [3.8, 4) is 73.2 Å². The standard InChI is InChI=1S/C57H36N4O/c1-4-16-37(17-5-1)42-32-43(38-18-6-2-7-19-38)34-44(33-42)57-59-55(58-56(60-57)41-29-31-49-48-24-12-15-27-53(48)62-54(49)36-41)40-28-30-45(39-20-8-3-9-21-39)52(35-40)61-50-25-13-10-22-46(50)47-23-11-14-26-51(47)61/h1-36H. The molecule has 0 aliphatic carbocycles. The summed E-state index contributed by atoms with van der Waals surface area (Å²) in [7, 11) is 0. The Morgan fingerprint density at radius 1 is 0.290 bits per heavy atom. The Bertz CT molecular complexity index is 3520. The zero-order valence-electron chi connectivity index (χ0n) is 33.5. The summed E-state index contributed by atoms with van der Waals surface area (Å²) in [4.78, 5) is 15.9. The molecule has 0 bridgehead atoms. The van der Waals surface area contributed by atoms with E-state index in [0.717, 1.165) is 88.7 Å². The lowest BCUT2D eigenvalue weighted by atomic mass is 9.96. The summed E-state index contributed by atoms with van der Waals surface area (Å²) in [5.74, 6) is 1.71. The largest absolute Gasteiger partial charge is 0.456 e. The van der Waals surface area contributed by atoms with Gasteiger partial charge in [0.25, 0.3) is 0 Å². The fourth-order valence-corrected chi connectivity index (χ4v) is 8.88. The Kier molecular flexibility index (Phi) is 8.42. The van der Waals surface area contributed by atoms with Gasteiger partial charge in [-0.1, -0.05) is 164 Å². The highest BCUT2D eigenvalue weighted by Crippen LogP contribution is 2.40. The number of benzene rings is 9. The van der Waals surface area contributed by atoms with Crippen molar-refractivity contribution < 1.29 is 4.42 Å². The van der Waals surface area contributed by atoms with Crippen LogP contribution in [0.5, 0.6) is 0 Å². The van der Waals surface area contributed by atoms with E-state index in [-0.39, 0.29) is 0 Å². The van der Waals surface area contributed by atoms with Gasteiger partial charge in [0, 0.05) is 43.8 Å². The molecule has 0 radical (unpaired) electrons. The molecule has 62 heavy (non-hydrogen) atoms. The number of aromatic nitrogens is 4.